The van der Waals surface area contributed by atoms with Crippen LogP contribution in [0.4, 0.5) is 10.5 Å². The Morgan fingerprint density at radius 1 is 1.36 bits per heavy atom. The summed E-state index contributed by atoms with van der Waals surface area (Å²) in [6.07, 6.45) is 5.21. The van der Waals surface area contributed by atoms with Crippen LogP contribution < -0.4 is 5.32 Å². The number of benzene rings is 1. The number of nitrogens with one attached hydrogen (secondary N) is 1. The van der Waals surface area contributed by atoms with Crippen molar-refractivity contribution in [2.45, 2.75) is 44.9 Å². The van der Waals surface area contributed by atoms with Crippen LogP contribution in [0.5, 0.6) is 0 Å². The summed E-state index contributed by atoms with van der Waals surface area (Å²) < 4.78 is 5.39. The number of aryl methyl sites for hydroxylation is 1. The highest BCUT2D eigenvalue weighted by molar-refractivity contribution is 5.89. The average Bonchev–Trinajstić information content (AvgIpc) is 3.35. The number of likely N-dealkylation sites (tertiary alicyclic amines) is 1. The molecule has 25 heavy (non-hydrogen) atoms. The molecule has 2 fully saturated rings. The minimum atomic E-state index is -0.0282. The molecule has 2 amide bonds. The summed E-state index contributed by atoms with van der Waals surface area (Å²) in [5, 5.41) is 7.08. The van der Waals surface area contributed by atoms with E-state index in [1.807, 2.05) is 36.1 Å². The van der Waals surface area contributed by atoms with Gasteiger partial charge in [-0.3, -0.25) is 0 Å². The van der Waals surface area contributed by atoms with Crippen LogP contribution in [0.25, 0.3) is 0 Å². The topological polar surface area (TPSA) is 71.3 Å². The molecule has 132 valence electrons. The quantitative estimate of drug-likeness (QED) is 0.920. The number of hydrogen-bond donors (Lipinski definition) is 1. The lowest BCUT2D eigenvalue weighted by atomic mass is 9.95. The van der Waals surface area contributed by atoms with Gasteiger partial charge in [-0.1, -0.05) is 17.3 Å². The van der Waals surface area contributed by atoms with Crippen molar-refractivity contribution in [2.75, 3.05) is 18.4 Å². The monoisotopic (exact) mass is 340 g/mol. The molecule has 1 saturated heterocycles. The van der Waals surface area contributed by atoms with Crippen molar-refractivity contribution in [3.63, 3.8) is 0 Å². The van der Waals surface area contributed by atoms with E-state index in [0.29, 0.717) is 17.7 Å². The first-order chi connectivity index (χ1) is 12.2. The molecule has 1 aliphatic carbocycles. The summed E-state index contributed by atoms with van der Waals surface area (Å²) >= 11 is 0. The van der Waals surface area contributed by atoms with Gasteiger partial charge >= 0.3 is 6.03 Å². The lowest BCUT2D eigenvalue weighted by Crippen LogP contribution is -2.42. The Hall–Kier alpha value is -2.37. The highest BCUT2D eigenvalue weighted by atomic mass is 16.5. The molecule has 1 aromatic carbocycles. The number of piperidine rings is 1. The maximum Gasteiger partial charge on any atom is 0.321 e. The second-order valence-electron chi connectivity index (χ2n) is 7.28. The summed E-state index contributed by atoms with van der Waals surface area (Å²) in [4.78, 5) is 19.0. The summed E-state index contributed by atoms with van der Waals surface area (Å²) in [6, 6.07) is 7.85. The number of nitrogens with zero attached hydrogens (tertiary/aromatic N) is 3. The van der Waals surface area contributed by atoms with Gasteiger partial charge in [-0.05, 0) is 56.2 Å². The van der Waals surface area contributed by atoms with Gasteiger partial charge in [-0.25, -0.2) is 4.79 Å². The van der Waals surface area contributed by atoms with E-state index in [2.05, 4.69) is 15.5 Å². The van der Waals surface area contributed by atoms with E-state index < -0.39 is 0 Å². The Morgan fingerprint density at radius 3 is 3.04 bits per heavy atom. The summed E-state index contributed by atoms with van der Waals surface area (Å²) in [5.74, 6) is 2.47. The molecule has 2 aliphatic rings. The zero-order valence-electron chi connectivity index (χ0n) is 14.6. The minimum Gasteiger partial charge on any atom is -0.339 e. The molecule has 1 unspecified atom stereocenters. The SMILES string of the molecule is Cc1cccc(NC(=O)N2CCCC(Cc3nc(C4CC4)no3)C2)c1. The first kappa shape index (κ1) is 16.1. The largest absolute Gasteiger partial charge is 0.339 e. The van der Waals surface area contributed by atoms with Crippen LogP contribution in [-0.4, -0.2) is 34.2 Å². The smallest absolute Gasteiger partial charge is 0.321 e. The summed E-state index contributed by atoms with van der Waals surface area (Å²) in [6.45, 7) is 3.55. The number of carbonyl (C=O) groups is 1. The Kier molecular flexibility index (Phi) is 4.42. The third-order valence-corrected chi connectivity index (χ3v) is 4.97. The van der Waals surface area contributed by atoms with Crippen molar-refractivity contribution in [3.05, 3.63) is 41.5 Å². The molecule has 1 atom stereocenters. The van der Waals surface area contributed by atoms with Gasteiger partial charge in [0.25, 0.3) is 0 Å². The molecule has 1 N–H and O–H groups in total. The first-order valence-corrected chi connectivity index (χ1v) is 9.12. The normalized spacial score (nSPS) is 20.5. The number of amides is 2. The van der Waals surface area contributed by atoms with Gasteiger partial charge in [0.1, 0.15) is 0 Å². The van der Waals surface area contributed by atoms with Crippen molar-refractivity contribution in [2.24, 2.45) is 5.92 Å². The fourth-order valence-electron chi connectivity index (χ4n) is 3.45. The molecule has 1 aliphatic heterocycles. The number of rotatable bonds is 4. The van der Waals surface area contributed by atoms with Gasteiger partial charge in [0.15, 0.2) is 5.82 Å². The Bertz CT molecular complexity index is 753. The highest BCUT2D eigenvalue weighted by Gasteiger charge is 2.30. The van der Waals surface area contributed by atoms with Gasteiger partial charge in [0.2, 0.25) is 5.89 Å². The molecular weight excluding hydrogens is 316 g/mol. The molecule has 6 heteroatoms. The number of anilines is 1. The molecule has 2 aromatic rings. The van der Waals surface area contributed by atoms with Crippen molar-refractivity contribution in [1.29, 1.82) is 0 Å². The van der Waals surface area contributed by atoms with E-state index in [1.54, 1.807) is 0 Å². The van der Waals surface area contributed by atoms with Gasteiger partial charge in [-0.15, -0.1) is 0 Å². The van der Waals surface area contributed by atoms with Gasteiger partial charge in [0.05, 0.1) is 0 Å². The Morgan fingerprint density at radius 2 is 2.24 bits per heavy atom. The molecule has 2 heterocycles. The first-order valence-electron chi connectivity index (χ1n) is 9.12. The molecule has 1 saturated carbocycles. The molecule has 0 bridgehead atoms. The van der Waals surface area contributed by atoms with E-state index in [-0.39, 0.29) is 6.03 Å². The lowest BCUT2D eigenvalue weighted by Gasteiger charge is -2.32. The zero-order valence-corrected chi connectivity index (χ0v) is 14.6. The Balaban J connectivity index is 1.34. The number of aromatic nitrogens is 2. The van der Waals surface area contributed by atoms with E-state index in [9.17, 15) is 4.79 Å². The van der Waals surface area contributed by atoms with E-state index in [4.69, 9.17) is 4.52 Å². The fraction of sp³-hybridized carbons (Fsp3) is 0.526. The van der Waals surface area contributed by atoms with E-state index in [1.165, 1.54) is 12.8 Å². The van der Waals surface area contributed by atoms with Crippen LogP contribution in [0.15, 0.2) is 28.8 Å². The summed E-state index contributed by atoms with van der Waals surface area (Å²) in [5.41, 5.74) is 1.98. The van der Waals surface area contributed by atoms with Crippen LogP contribution >= 0.6 is 0 Å². The Labute approximate surface area is 147 Å². The fourth-order valence-corrected chi connectivity index (χ4v) is 3.45. The molecule has 4 rings (SSSR count). The molecule has 0 radical (unpaired) electrons. The summed E-state index contributed by atoms with van der Waals surface area (Å²) in [7, 11) is 0. The standard InChI is InChI=1S/C19H24N4O2/c1-13-4-2-6-16(10-13)20-19(24)23-9-3-5-14(12-23)11-17-21-18(22-25-17)15-7-8-15/h2,4,6,10,14-15H,3,5,7-9,11-12H2,1H3,(H,20,24). The van der Waals surface area contributed by atoms with Gasteiger partial charge in [0, 0.05) is 31.1 Å². The molecular formula is C19H24N4O2. The van der Waals surface area contributed by atoms with Crippen LogP contribution in [-0.2, 0) is 6.42 Å². The number of carbonyl (C=O) groups excluding carboxylic acids is 1. The van der Waals surface area contributed by atoms with E-state index >= 15 is 0 Å². The molecule has 1 aromatic heterocycles. The van der Waals surface area contributed by atoms with Crippen molar-refractivity contribution in [1.82, 2.24) is 15.0 Å². The maximum atomic E-state index is 12.5. The third kappa shape index (κ3) is 4.00. The van der Waals surface area contributed by atoms with Crippen LogP contribution in [0.3, 0.4) is 0 Å². The van der Waals surface area contributed by atoms with Gasteiger partial charge in [-0.2, -0.15) is 4.98 Å². The minimum absolute atomic E-state index is 0.0282. The van der Waals surface area contributed by atoms with Crippen molar-refractivity contribution in [3.8, 4) is 0 Å². The predicted molar refractivity (Wildman–Crippen MR) is 94.5 cm³/mol. The van der Waals surface area contributed by atoms with E-state index in [0.717, 1.165) is 49.4 Å². The zero-order chi connectivity index (χ0) is 17.2. The third-order valence-electron chi connectivity index (χ3n) is 4.97. The second kappa shape index (κ2) is 6.86. The highest BCUT2D eigenvalue weighted by Crippen LogP contribution is 2.38. The van der Waals surface area contributed by atoms with Crippen LogP contribution in [0.2, 0.25) is 0 Å². The van der Waals surface area contributed by atoms with Crippen LogP contribution in [0.1, 0.15) is 48.9 Å². The van der Waals surface area contributed by atoms with Crippen LogP contribution in [0, 0.1) is 12.8 Å². The van der Waals surface area contributed by atoms with Crippen molar-refractivity contribution < 1.29 is 9.32 Å². The number of hydrogen-bond acceptors (Lipinski definition) is 4. The lowest BCUT2D eigenvalue weighted by molar-refractivity contribution is 0.173. The molecule has 6 nitrogen and oxygen atoms in total. The average molecular weight is 340 g/mol. The number of urea groups is 1. The maximum absolute atomic E-state index is 12.5. The van der Waals surface area contributed by atoms with Gasteiger partial charge < -0.3 is 14.7 Å². The second-order valence-corrected chi connectivity index (χ2v) is 7.28. The molecule has 0 spiro atoms. The van der Waals surface area contributed by atoms with Crippen molar-refractivity contribution >= 4 is 11.7 Å². The predicted octanol–water partition coefficient (Wildman–Crippen LogP) is 3.74.